The second kappa shape index (κ2) is 24.1. The van der Waals surface area contributed by atoms with Crippen LogP contribution in [0.25, 0.3) is 0 Å². The first-order valence-corrected chi connectivity index (χ1v) is 16.7. The summed E-state index contributed by atoms with van der Waals surface area (Å²) >= 11 is 2.32. The number of piperidine rings is 1. The van der Waals surface area contributed by atoms with Crippen molar-refractivity contribution >= 4 is 47.9 Å². The lowest BCUT2D eigenvalue weighted by atomic mass is 10.0. The molecule has 0 aliphatic carbocycles. The molecule has 0 bridgehead atoms. The summed E-state index contributed by atoms with van der Waals surface area (Å²) in [4.78, 5) is 36.9. The van der Waals surface area contributed by atoms with Crippen LogP contribution in [0.15, 0.2) is 0 Å². The quantitative estimate of drug-likeness (QED) is 0.128. The highest BCUT2D eigenvalue weighted by atomic mass is 127. The maximum atomic E-state index is 12.0. The van der Waals surface area contributed by atoms with Gasteiger partial charge in [0.15, 0.2) is 0 Å². The number of Topliss-reactive ketones (excluding diaryl/α,β-unsaturated/α-hetero) is 1. The molecule has 11 nitrogen and oxygen atoms in total. The fourth-order valence-electron chi connectivity index (χ4n) is 3.26. The van der Waals surface area contributed by atoms with Crippen LogP contribution < -0.4 is 5.32 Å². The molecule has 222 valence electrons. The Morgan fingerprint density at radius 3 is 1.74 bits per heavy atom. The molecule has 0 aromatic carbocycles. The van der Waals surface area contributed by atoms with Gasteiger partial charge in [0.25, 0.3) is 0 Å². The molecule has 0 aromatic rings. The van der Waals surface area contributed by atoms with E-state index in [0.29, 0.717) is 77.9 Å². The van der Waals surface area contributed by atoms with Crippen molar-refractivity contribution in [2.45, 2.75) is 44.8 Å². The van der Waals surface area contributed by atoms with Gasteiger partial charge in [0.05, 0.1) is 66.1 Å². The SMILES string of the molecule is CC(C)C(=O)CCC(=O)NCCOCCOCCOCCOCCOCCOC(=O)N1CCC(SI)CC1. The van der Waals surface area contributed by atoms with Crippen molar-refractivity contribution in [3.63, 3.8) is 0 Å². The molecule has 1 aliphatic rings. The number of halogens is 1. The molecule has 2 amide bonds. The zero-order valence-electron chi connectivity index (χ0n) is 22.8. The van der Waals surface area contributed by atoms with E-state index in [1.54, 1.807) is 4.90 Å². The van der Waals surface area contributed by atoms with Gasteiger partial charge >= 0.3 is 6.09 Å². The van der Waals surface area contributed by atoms with Gasteiger partial charge in [0.2, 0.25) is 5.91 Å². The number of ketones is 1. The maximum absolute atomic E-state index is 12.0. The summed E-state index contributed by atoms with van der Waals surface area (Å²) in [5, 5.41) is 3.36. The van der Waals surface area contributed by atoms with Gasteiger partial charge < -0.3 is 38.6 Å². The van der Waals surface area contributed by atoms with Crippen LogP contribution in [0.2, 0.25) is 0 Å². The Morgan fingerprint density at radius 2 is 1.26 bits per heavy atom. The first kappa shape index (κ1) is 35.3. The molecule has 1 fully saturated rings. The van der Waals surface area contributed by atoms with Gasteiger partial charge in [-0.3, -0.25) is 9.59 Å². The Labute approximate surface area is 243 Å². The number of rotatable bonds is 23. The van der Waals surface area contributed by atoms with Crippen LogP contribution in [0.1, 0.15) is 39.5 Å². The second-order valence-corrected chi connectivity index (χ2v) is 11.3. The van der Waals surface area contributed by atoms with Crippen molar-refractivity contribution in [3.8, 4) is 0 Å². The van der Waals surface area contributed by atoms with E-state index < -0.39 is 0 Å². The topological polar surface area (TPSA) is 122 Å². The van der Waals surface area contributed by atoms with Crippen molar-refractivity contribution < 1.29 is 42.8 Å². The van der Waals surface area contributed by atoms with Crippen LogP contribution in [-0.4, -0.2) is 120 Å². The number of hydrogen-bond donors (Lipinski definition) is 1. The van der Waals surface area contributed by atoms with Crippen LogP contribution in [0.5, 0.6) is 0 Å². The number of nitrogens with one attached hydrogen (secondary N) is 1. The molecule has 0 atom stereocenters. The molecule has 0 aromatic heterocycles. The van der Waals surface area contributed by atoms with Crippen molar-refractivity contribution in [1.29, 1.82) is 0 Å². The highest BCUT2D eigenvalue weighted by Gasteiger charge is 2.23. The smallest absolute Gasteiger partial charge is 0.409 e. The Kier molecular flexibility index (Phi) is 22.4. The minimum Gasteiger partial charge on any atom is -0.447 e. The number of nitrogens with zero attached hydrogens (tertiary/aromatic N) is 1. The molecule has 38 heavy (non-hydrogen) atoms. The van der Waals surface area contributed by atoms with Gasteiger partial charge in [0.1, 0.15) is 12.4 Å². The lowest BCUT2D eigenvalue weighted by Crippen LogP contribution is -2.39. The van der Waals surface area contributed by atoms with Gasteiger partial charge in [-0.15, -0.1) is 0 Å². The Morgan fingerprint density at radius 1 is 0.789 bits per heavy atom. The summed E-state index contributed by atoms with van der Waals surface area (Å²) < 4.78 is 32.4. The lowest BCUT2D eigenvalue weighted by Gasteiger charge is -2.29. The third-order valence-electron chi connectivity index (χ3n) is 5.58. The van der Waals surface area contributed by atoms with E-state index >= 15 is 0 Å². The zero-order chi connectivity index (χ0) is 27.8. The predicted octanol–water partition coefficient (Wildman–Crippen LogP) is 2.88. The highest BCUT2D eigenvalue weighted by molar-refractivity contribution is 14.2. The third kappa shape index (κ3) is 19.4. The van der Waals surface area contributed by atoms with Crippen molar-refractivity contribution in [2.24, 2.45) is 5.92 Å². The summed E-state index contributed by atoms with van der Waals surface area (Å²) in [7, 11) is 1.83. The van der Waals surface area contributed by atoms with E-state index in [0.717, 1.165) is 25.9 Å². The van der Waals surface area contributed by atoms with Gasteiger partial charge in [-0.1, -0.05) is 22.8 Å². The monoisotopic (exact) mass is 676 g/mol. The summed E-state index contributed by atoms with van der Waals surface area (Å²) in [6.45, 7) is 10.2. The molecule has 13 heteroatoms. The molecule has 0 radical (unpaired) electrons. The van der Waals surface area contributed by atoms with E-state index in [1.807, 2.05) is 22.8 Å². The Hall–Kier alpha value is -0.710. The van der Waals surface area contributed by atoms with Crippen LogP contribution in [-0.2, 0) is 38.0 Å². The van der Waals surface area contributed by atoms with Crippen molar-refractivity contribution in [2.75, 3.05) is 92.3 Å². The van der Waals surface area contributed by atoms with Gasteiger partial charge in [-0.25, -0.2) is 4.79 Å². The van der Waals surface area contributed by atoms with E-state index in [-0.39, 0.29) is 43.2 Å². The normalized spacial score (nSPS) is 14.2. The molecule has 0 spiro atoms. The van der Waals surface area contributed by atoms with Gasteiger partial charge in [-0.2, -0.15) is 0 Å². The largest absolute Gasteiger partial charge is 0.447 e. The van der Waals surface area contributed by atoms with Crippen LogP contribution >= 0.6 is 30.1 Å². The predicted molar refractivity (Wildman–Crippen MR) is 154 cm³/mol. The van der Waals surface area contributed by atoms with E-state index in [2.05, 4.69) is 26.5 Å². The zero-order valence-corrected chi connectivity index (χ0v) is 25.8. The molecule has 0 saturated carbocycles. The van der Waals surface area contributed by atoms with Crippen molar-refractivity contribution in [3.05, 3.63) is 0 Å². The van der Waals surface area contributed by atoms with Crippen LogP contribution in [0, 0.1) is 5.92 Å². The number of likely N-dealkylation sites (tertiary alicyclic amines) is 1. The fourth-order valence-corrected chi connectivity index (χ4v) is 5.18. The number of hydrogen-bond acceptors (Lipinski definition) is 10. The number of carbonyl (C=O) groups excluding carboxylic acids is 3. The van der Waals surface area contributed by atoms with Gasteiger partial charge in [-0.05, 0) is 34.0 Å². The average Bonchev–Trinajstić information content (AvgIpc) is 2.92. The first-order chi connectivity index (χ1) is 18.4. The second-order valence-electron chi connectivity index (χ2n) is 8.92. The van der Waals surface area contributed by atoms with Crippen LogP contribution in [0.4, 0.5) is 4.79 Å². The molecular weight excluding hydrogens is 631 g/mol. The number of carbonyl (C=O) groups is 3. The summed E-state index contributed by atoms with van der Waals surface area (Å²) in [5.41, 5.74) is 0. The maximum Gasteiger partial charge on any atom is 0.409 e. The molecular formula is C25H45IN2O9S. The summed E-state index contributed by atoms with van der Waals surface area (Å²) in [5.74, 6) is -0.0769. The Balaban J connectivity index is 1.74. The minimum atomic E-state index is -0.260. The van der Waals surface area contributed by atoms with E-state index in [1.165, 1.54) is 0 Å². The molecule has 1 rings (SSSR count). The average molecular weight is 677 g/mol. The summed E-state index contributed by atoms with van der Waals surface area (Å²) in [6.07, 6.45) is 2.26. The first-order valence-electron chi connectivity index (χ1n) is 13.3. The molecule has 1 aliphatic heterocycles. The molecule has 1 heterocycles. The highest BCUT2D eigenvalue weighted by Crippen LogP contribution is 2.28. The molecule has 1 saturated heterocycles. The molecule has 0 unspecified atom stereocenters. The fraction of sp³-hybridized carbons (Fsp3) is 0.880. The Bertz CT molecular complexity index is 638. The number of amides is 2. The lowest BCUT2D eigenvalue weighted by molar-refractivity contribution is -0.126. The van der Waals surface area contributed by atoms with Crippen molar-refractivity contribution in [1.82, 2.24) is 10.2 Å². The minimum absolute atomic E-state index is 0.0376. The summed E-state index contributed by atoms with van der Waals surface area (Å²) in [6, 6.07) is 0. The van der Waals surface area contributed by atoms with E-state index in [9.17, 15) is 14.4 Å². The number of ether oxygens (including phenoxy) is 6. The third-order valence-corrected chi connectivity index (χ3v) is 8.46. The standard InChI is InChI=1S/C25H45IN2O9S/c1-21(2)23(29)3-4-24(30)27-7-10-32-11-12-33-13-14-34-15-16-35-17-18-36-19-20-37-25(31)28-8-5-22(38-26)6-9-28/h21-22H,3-20H2,1-2H3,(H,27,30). The van der Waals surface area contributed by atoms with Gasteiger partial charge in [0, 0.05) is 43.6 Å². The molecule has 1 N–H and O–H groups in total. The van der Waals surface area contributed by atoms with Crippen LogP contribution in [0.3, 0.4) is 0 Å². The van der Waals surface area contributed by atoms with E-state index in [4.69, 9.17) is 28.4 Å².